The van der Waals surface area contributed by atoms with E-state index in [0.717, 1.165) is 54.7 Å². The SMILES string of the molecule is O=C(/C=C/c1ccc(O)c(Cc2cnc[nH]2)c1)N1c2cc(O[C@]3(O)O[C@H](CO)[C@@H](O)[C@H](O)[C@H]3O)c(O)cc2[C@H]2[C@H]([C@@]34CCCC[C@@H]3CCc3ccccc34)C=C[C@]21C(=O)O. The van der Waals surface area contributed by atoms with Gasteiger partial charge in [-0.3, -0.25) is 9.69 Å². The van der Waals surface area contributed by atoms with Crippen LogP contribution in [-0.4, -0.2) is 105 Å². The Bertz CT molecular complexity index is 2380. The van der Waals surface area contributed by atoms with Gasteiger partial charge >= 0.3 is 11.9 Å². The van der Waals surface area contributed by atoms with E-state index in [9.17, 15) is 50.4 Å². The minimum absolute atomic E-state index is 0.0365. The highest BCUT2D eigenvalue weighted by Gasteiger charge is 2.67. The molecule has 0 radical (unpaired) electrons. The number of ether oxygens (including phenoxy) is 2. The highest BCUT2D eigenvalue weighted by Crippen LogP contribution is 2.66. The van der Waals surface area contributed by atoms with E-state index in [2.05, 4.69) is 22.1 Å². The third-order valence-corrected chi connectivity index (χ3v) is 13.6. The van der Waals surface area contributed by atoms with Crippen molar-refractivity contribution in [2.75, 3.05) is 11.5 Å². The van der Waals surface area contributed by atoms with Crippen LogP contribution in [0.1, 0.15) is 71.5 Å². The highest BCUT2D eigenvalue weighted by atomic mass is 16.8. The number of phenols is 2. The van der Waals surface area contributed by atoms with Crippen molar-refractivity contribution < 1.29 is 59.9 Å². The highest BCUT2D eigenvalue weighted by molar-refractivity contribution is 6.13. The summed E-state index contributed by atoms with van der Waals surface area (Å²) in [5.41, 5.74) is 2.11. The van der Waals surface area contributed by atoms with Gasteiger partial charge in [-0.1, -0.05) is 55.3 Å². The Kier molecular flexibility index (Phi) is 9.88. The summed E-state index contributed by atoms with van der Waals surface area (Å²) in [6, 6.07) is 15.6. The molecule has 15 heteroatoms. The topological polar surface area (TPSA) is 246 Å². The predicted molar refractivity (Wildman–Crippen MR) is 214 cm³/mol. The van der Waals surface area contributed by atoms with Gasteiger partial charge in [-0.25, -0.2) is 9.78 Å². The monoisotopic (exact) mass is 821 g/mol. The van der Waals surface area contributed by atoms with Crippen LogP contribution >= 0.6 is 0 Å². The zero-order valence-corrected chi connectivity index (χ0v) is 32.5. The molecule has 1 saturated heterocycles. The predicted octanol–water partition coefficient (Wildman–Crippen LogP) is 3.14. The van der Waals surface area contributed by atoms with Crippen molar-refractivity contribution in [1.29, 1.82) is 0 Å². The lowest BCUT2D eigenvalue weighted by atomic mass is 9.50. The van der Waals surface area contributed by atoms with Gasteiger partial charge in [0.05, 0.1) is 18.6 Å². The van der Waals surface area contributed by atoms with Gasteiger partial charge in [-0.05, 0) is 84.0 Å². The van der Waals surface area contributed by atoms with E-state index in [1.54, 1.807) is 24.4 Å². The molecule has 2 aliphatic heterocycles. The van der Waals surface area contributed by atoms with E-state index in [-0.39, 0.29) is 17.4 Å². The maximum Gasteiger partial charge on any atom is 0.355 e. The van der Waals surface area contributed by atoms with Crippen LogP contribution in [0.5, 0.6) is 17.2 Å². The van der Waals surface area contributed by atoms with Gasteiger partial charge in [0.1, 0.15) is 24.1 Å². The number of aliphatic carboxylic acids is 1. The molecular weight excluding hydrogens is 775 g/mol. The quantitative estimate of drug-likeness (QED) is 0.0670. The summed E-state index contributed by atoms with van der Waals surface area (Å²) in [6.45, 7) is -0.879. The van der Waals surface area contributed by atoms with Gasteiger partial charge in [0, 0.05) is 47.4 Å². The van der Waals surface area contributed by atoms with Gasteiger partial charge in [-0.15, -0.1) is 0 Å². The zero-order chi connectivity index (χ0) is 42.1. The van der Waals surface area contributed by atoms with Crippen molar-refractivity contribution in [2.24, 2.45) is 11.8 Å². The average Bonchev–Trinajstić information content (AvgIpc) is 3.98. The zero-order valence-electron chi connectivity index (χ0n) is 32.5. The fourth-order valence-corrected chi connectivity index (χ4v) is 11.0. The second-order valence-corrected chi connectivity index (χ2v) is 16.7. The van der Waals surface area contributed by atoms with Crippen LogP contribution in [0.15, 0.2) is 85.3 Å². The summed E-state index contributed by atoms with van der Waals surface area (Å²) >= 11 is 0. The van der Waals surface area contributed by atoms with Gasteiger partial charge in [0.15, 0.2) is 23.1 Å². The van der Waals surface area contributed by atoms with E-state index in [4.69, 9.17) is 9.47 Å². The first-order valence-electron chi connectivity index (χ1n) is 20.3. The molecule has 9 N–H and O–H groups in total. The van der Waals surface area contributed by atoms with Crippen molar-refractivity contribution in [3.8, 4) is 17.2 Å². The molecule has 1 aromatic heterocycles. The number of nitrogens with one attached hydrogen (secondary N) is 1. The van der Waals surface area contributed by atoms with Crippen LogP contribution in [0.4, 0.5) is 5.69 Å². The van der Waals surface area contributed by atoms with Gasteiger partial charge in [0.2, 0.25) is 0 Å². The molecule has 3 aromatic carbocycles. The van der Waals surface area contributed by atoms with E-state index < -0.39 is 83.2 Å². The molecule has 1 amide bonds. The number of hydrogen-bond donors (Lipinski definition) is 9. The van der Waals surface area contributed by atoms with Crippen molar-refractivity contribution >= 4 is 23.6 Å². The third kappa shape index (κ3) is 6.05. The van der Waals surface area contributed by atoms with Crippen LogP contribution in [-0.2, 0) is 32.6 Å². The number of carbonyl (C=O) groups is 2. The van der Waals surface area contributed by atoms with E-state index in [1.165, 1.54) is 42.2 Å². The Morgan fingerprint density at radius 2 is 1.83 bits per heavy atom. The number of aromatic nitrogens is 2. The molecule has 5 aliphatic rings. The van der Waals surface area contributed by atoms with Crippen molar-refractivity contribution in [3.05, 3.63) is 119 Å². The number of aryl methyl sites for hydroxylation is 1. The second-order valence-electron chi connectivity index (χ2n) is 16.7. The number of phenolic OH excluding ortho intramolecular Hbond substituents is 2. The number of amides is 1. The minimum Gasteiger partial charge on any atom is -0.508 e. The number of rotatable bonds is 9. The summed E-state index contributed by atoms with van der Waals surface area (Å²) in [5.74, 6) is -7.38. The summed E-state index contributed by atoms with van der Waals surface area (Å²) in [7, 11) is 0. The first kappa shape index (κ1) is 39.9. The lowest BCUT2D eigenvalue weighted by molar-refractivity contribution is -0.422. The van der Waals surface area contributed by atoms with Crippen molar-refractivity contribution in [1.82, 2.24) is 9.97 Å². The third-order valence-electron chi connectivity index (χ3n) is 13.6. The van der Waals surface area contributed by atoms with Gasteiger partial charge in [0.25, 0.3) is 5.91 Å². The molecule has 3 heterocycles. The molecule has 1 saturated carbocycles. The molecule has 0 unspecified atom stereocenters. The number of carbonyl (C=O) groups excluding carboxylic acids is 1. The Balaban J connectivity index is 1.17. The Hall–Kier alpha value is -5.55. The Morgan fingerprint density at radius 1 is 1.02 bits per heavy atom. The summed E-state index contributed by atoms with van der Waals surface area (Å²) in [6.07, 6.45) is 7.52. The lowest BCUT2D eigenvalue weighted by Crippen LogP contribution is -2.67. The maximum atomic E-state index is 14.8. The number of aromatic hydroxyl groups is 2. The molecule has 60 heavy (non-hydrogen) atoms. The summed E-state index contributed by atoms with van der Waals surface area (Å²) in [5, 5.41) is 86.5. The normalized spacial score (nSPS) is 33.0. The standard InChI is InChI=1S/C45H47N3O12/c49-22-36-39(53)40(54)41(55)45(58,60-36)59-35-20-32-29(19-34(35)51)38-31(43-15-4-3-6-27(43)11-10-25-5-1-2-7-30(25)43)14-16-44(38,42(56)57)48(32)37(52)13-9-24-8-12-33(50)26(17-24)18-28-21-46-23-47-28/h1-2,5,7-9,12-14,16-17,19-21,23,27,31,36,38-41,49-51,53-55,58H,3-4,6,10-11,15,18,22H2,(H,46,47)(H,56,57)/b13-9+/t27-,31-,36-,38+,39-,40+,41-,43+,44-,45+/m1/s1. The minimum atomic E-state index is -3.11. The molecule has 2 fully saturated rings. The summed E-state index contributed by atoms with van der Waals surface area (Å²) < 4.78 is 11.0. The first-order valence-corrected chi connectivity index (χ1v) is 20.3. The first-order chi connectivity index (χ1) is 28.8. The number of allylic oxidation sites excluding steroid dienone is 1. The molecule has 15 nitrogen and oxygen atoms in total. The number of carboxylic acid groups (broad SMARTS) is 1. The molecule has 0 bridgehead atoms. The number of aliphatic hydroxyl groups is 5. The number of carboxylic acids is 1. The number of imidazole rings is 1. The van der Waals surface area contributed by atoms with Crippen molar-refractivity contribution in [3.63, 3.8) is 0 Å². The van der Waals surface area contributed by atoms with E-state index in [1.807, 2.05) is 18.2 Å². The van der Waals surface area contributed by atoms with Crippen LogP contribution in [0.3, 0.4) is 0 Å². The van der Waals surface area contributed by atoms with Crippen LogP contribution in [0.2, 0.25) is 0 Å². The number of fused-ring (bicyclic) bond motifs is 6. The molecule has 9 rings (SSSR count). The molecule has 4 aromatic rings. The number of hydrogen-bond acceptors (Lipinski definition) is 12. The number of aromatic amines is 1. The molecule has 0 spiro atoms. The Labute approximate surface area is 344 Å². The molecule has 314 valence electrons. The smallest absolute Gasteiger partial charge is 0.355 e. The maximum absolute atomic E-state index is 14.8. The van der Waals surface area contributed by atoms with Crippen LogP contribution < -0.4 is 9.64 Å². The average molecular weight is 822 g/mol. The fraction of sp³-hybridized carbons (Fsp3) is 0.400. The lowest BCUT2D eigenvalue weighted by Gasteiger charge is -2.54. The van der Waals surface area contributed by atoms with E-state index >= 15 is 0 Å². The fourth-order valence-electron chi connectivity index (χ4n) is 11.0. The number of anilines is 1. The van der Waals surface area contributed by atoms with Crippen LogP contribution in [0.25, 0.3) is 6.08 Å². The van der Waals surface area contributed by atoms with Crippen LogP contribution in [0, 0.1) is 11.8 Å². The molecular formula is C45H47N3O12. The van der Waals surface area contributed by atoms with E-state index in [0.29, 0.717) is 23.1 Å². The van der Waals surface area contributed by atoms with Gasteiger partial charge in [-0.2, -0.15) is 0 Å². The molecule has 10 atom stereocenters. The number of nitrogens with zero attached hydrogens (tertiary/aromatic N) is 2. The van der Waals surface area contributed by atoms with Gasteiger partial charge < -0.3 is 55.3 Å². The summed E-state index contributed by atoms with van der Waals surface area (Å²) in [4.78, 5) is 37.1. The number of benzene rings is 3. The number of H-pyrrole nitrogens is 1. The Morgan fingerprint density at radius 3 is 2.60 bits per heavy atom. The van der Waals surface area contributed by atoms with Crippen molar-refractivity contribution in [2.45, 2.75) is 92.2 Å². The molecule has 3 aliphatic carbocycles. The largest absolute Gasteiger partial charge is 0.508 e. The second kappa shape index (κ2) is 14.9. The number of aliphatic hydroxyl groups excluding tert-OH is 4.